The van der Waals surface area contributed by atoms with Gasteiger partial charge >= 0.3 is 5.97 Å². The van der Waals surface area contributed by atoms with Crippen molar-refractivity contribution in [1.82, 2.24) is 20.2 Å². The van der Waals surface area contributed by atoms with Gasteiger partial charge in [0.1, 0.15) is 0 Å². The molecular formula is C12H18N4O2. The summed E-state index contributed by atoms with van der Waals surface area (Å²) < 4.78 is 1.74. The molecule has 0 radical (unpaired) electrons. The van der Waals surface area contributed by atoms with E-state index < -0.39 is 11.4 Å². The van der Waals surface area contributed by atoms with Gasteiger partial charge in [0.15, 0.2) is 5.82 Å². The van der Waals surface area contributed by atoms with Crippen molar-refractivity contribution in [3.05, 3.63) is 5.82 Å². The van der Waals surface area contributed by atoms with Crippen LogP contribution in [0, 0.1) is 5.41 Å². The maximum atomic E-state index is 11.4. The number of tetrazole rings is 1. The molecule has 6 nitrogen and oxygen atoms in total. The number of hydrogen-bond donors (Lipinski definition) is 1. The second kappa shape index (κ2) is 4.33. The minimum absolute atomic E-state index is 0.422. The number of carboxylic acids is 1. The largest absolute Gasteiger partial charge is 0.481 e. The normalized spacial score (nSPS) is 22.9. The van der Waals surface area contributed by atoms with Gasteiger partial charge in [-0.2, -0.15) is 0 Å². The second-order valence-corrected chi connectivity index (χ2v) is 5.62. The number of aliphatic carboxylic acids is 1. The Morgan fingerprint density at radius 2 is 2.06 bits per heavy atom. The summed E-state index contributed by atoms with van der Waals surface area (Å²) in [5, 5.41) is 21.2. The molecule has 1 N–H and O–H groups in total. The van der Waals surface area contributed by atoms with Crippen LogP contribution in [0.15, 0.2) is 0 Å². The van der Waals surface area contributed by atoms with Crippen molar-refractivity contribution < 1.29 is 9.90 Å². The van der Waals surface area contributed by atoms with Crippen molar-refractivity contribution in [2.45, 2.75) is 57.4 Å². The fourth-order valence-corrected chi connectivity index (χ4v) is 3.13. The van der Waals surface area contributed by atoms with Crippen molar-refractivity contribution in [3.63, 3.8) is 0 Å². The van der Waals surface area contributed by atoms with Crippen LogP contribution in [0.25, 0.3) is 0 Å². The predicted octanol–water partition coefficient (Wildman–Crippen LogP) is 1.59. The lowest BCUT2D eigenvalue weighted by molar-refractivity contribution is -0.156. The average molecular weight is 250 g/mol. The van der Waals surface area contributed by atoms with E-state index in [9.17, 15) is 9.90 Å². The summed E-state index contributed by atoms with van der Waals surface area (Å²) in [6, 6.07) is 0. The summed E-state index contributed by atoms with van der Waals surface area (Å²) in [6.45, 7) is 0.432. The van der Waals surface area contributed by atoms with E-state index >= 15 is 0 Å². The summed E-state index contributed by atoms with van der Waals surface area (Å²) in [5.74, 6) is 0.604. The average Bonchev–Trinajstić information content (AvgIpc) is 2.93. The van der Waals surface area contributed by atoms with Gasteiger partial charge in [-0.05, 0) is 36.1 Å². The molecule has 0 amide bonds. The van der Waals surface area contributed by atoms with Crippen LogP contribution in [0.5, 0.6) is 0 Å². The van der Waals surface area contributed by atoms with E-state index in [0.717, 1.165) is 37.9 Å². The molecule has 0 saturated heterocycles. The topological polar surface area (TPSA) is 80.9 Å². The Hall–Kier alpha value is -1.46. The first-order valence-corrected chi connectivity index (χ1v) is 6.71. The monoisotopic (exact) mass is 250 g/mol. The van der Waals surface area contributed by atoms with Crippen LogP contribution in [-0.4, -0.2) is 31.3 Å². The maximum absolute atomic E-state index is 11.4. The quantitative estimate of drug-likeness (QED) is 0.877. The molecule has 2 saturated carbocycles. The van der Waals surface area contributed by atoms with Gasteiger partial charge in [0, 0.05) is 5.92 Å². The van der Waals surface area contributed by atoms with E-state index in [1.54, 1.807) is 4.68 Å². The van der Waals surface area contributed by atoms with Gasteiger partial charge in [-0.3, -0.25) is 4.79 Å². The molecule has 2 aliphatic rings. The van der Waals surface area contributed by atoms with E-state index in [0.29, 0.717) is 12.5 Å². The van der Waals surface area contributed by atoms with Crippen molar-refractivity contribution >= 4 is 5.97 Å². The van der Waals surface area contributed by atoms with Crippen LogP contribution in [0.4, 0.5) is 0 Å². The minimum atomic E-state index is -0.707. The van der Waals surface area contributed by atoms with Gasteiger partial charge in [0.05, 0.1) is 12.0 Å². The molecule has 0 bridgehead atoms. The molecule has 0 aliphatic heterocycles. The molecule has 0 atom stereocenters. The van der Waals surface area contributed by atoms with E-state index in [-0.39, 0.29) is 0 Å². The lowest BCUT2D eigenvalue weighted by Crippen LogP contribution is -2.42. The van der Waals surface area contributed by atoms with Crippen LogP contribution in [0.3, 0.4) is 0 Å². The zero-order valence-electron chi connectivity index (χ0n) is 10.4. The summed E-state index contributed by atoms with van der Waals surface area (Å²) in [6.07, 6.45) is 7.18. The standard InChI is InChI=1S/C12H18N4O2/c17-11(18)12(6-3-7-12)8-16-10(13-14-15-16)9-4-1-2-5-9/h9H,1-8H2,(H,17,18). The molecule has 3 rings (SSSR count). The fraction of sp³-hybridized carbons (Fsp3) is 0.833. The summed E-state index contributed by atoms with van der Waals surface area (Å²) in [5.41, 5.74) is -0.622. The zero-order valence-corrected chi connectivity index (χ0v) is 10.4. The molecule has 0 spiro atoms. The van der Waals surface area contributed by atoms with Crippen LogP contribution in [0.1, 0.15) is 56.7 Å². The molecule has 1 aromatic rings. The molecule has 98 valence electrons. The van der Waals surface area contributed by atoms with Crippen LogP contribution >= 0.6 is 0 Å². The second-order valence-electron chi connectivity index (χ2n) is 5.62. The molecule has 6 heteroatoms. The molecular weight excluding hydrogens is 232 g/mol. The third-order valence-corrected chi connectivity index (χ3v) is 4.50. The zero-order chi connectivity index (χ0) is 12.6. The molecule has 0 unspecified atom stereocenters. The van der Waals surface area contributed by atoms with Gasteiger partial charge < -0.3 is 5.11 Å². The first kappa shape index (κ1) is 11.6. The van der Waals surface area contributed by atoms with Crippen molar-refractivity contribution in [3.8, 4) is 0 Å². The third-order valence-electron chi connectivity index (χ3n) is 4.50. The lowest BCUT2D eigenvalue weighted by atomic mass is 9.69. The van der Waals surface area contributed by atoms with E-state index in [1.165, 1.54) is 12.8 Å². The Bertz CT molecular complexity index is 447. The third kappa shape index (κ3) is 1.79. The van der Waals surface area contributed by atoms with E-state index in [4.69, 9.17) is 0 Å². The first-order valence-electron chi connectivity index (χ1n) is 6.71. The SMILES string of the molecule is O=C(O)C1(Cn2nnnc2C2CCCC2)CCC1. The van der Waals surface area contributed by atoms with Crippen LogP contribution in [-0.2, 0) is 11.3 Å². The Labute approximate surface area is 105 Å². The van der Waals surface area contributed by atoms with Gasteiger partial charge in [-0.25, -0.2) is 4.68 Å². The number of hydrogen-bond acceptors (Lipinski definition) is 4. The number of carboxylic acid groups (broad SMARTS) is 1. The lowest BCUT2D eigenvalue weighted by Gasteiger charge is -2.37. The molecule has 2 fully saturated rings. The van der Waals surface area contributed by atoms with Gasteiger partial charge in [0.2, 0.25) is 0 Å². The van der Waals surface area contributed by atoms with Crippen molar-refractivity contribution in [2.75, 3.05) is 0 Å². The van der Waals surface area contributed by atoms with Crippen molar-refractivity contribution in [1.29, 1.82) is 0 Å². The van der Waals surface area contributed by atoms with Gasteiger partial charge in [-0.15, -0.1) is 5.10 Å². The number of aromatic nitrogens is 4. The smallest absolute Gasteiger partial charge is 0.311 e. The molecule has 2 aliphatic carbocycles. The number of carbonyl (C=O) groups is 1. The number of nitrogens with zero attached hydrogens (tertiary/aromatic N) is 4. The Morgan fingerprint density at radius 3 is 2.61 bits per heavy atom. The molecule has 1 aromatic heterocycles. The fourth-order valence-electron chi connectivity index (χ4n) is 3.13. The number of rotatable bonds is 4. The molecule has 18 heavy (non-hydrogen) atoms. The first-order chi connectivity index (χ1) is 8.71. The van der Waals surface area contributed by atoms with Gasteiger partial charge in [0.25, 0.3) is 0 Å². The molecule has 1 heterocycles. The Balaban J connectivity index is 1.80. The highest BCUT2D eigenvalue weighted by Crippen LogP contribution is 2.43. The Morgan fingerprint density at radius 1 is 1.33 bits per heavy atom. The van der Waals surface area contributed by atoms with Crippen LogP contribution in [0.2, 0.25) is 0 Å². The molecule has 0 aromatic carbocycles. The summed E-state index contributed by atoms with van der Waals surface area (Å²) in [7, 11) is 0. The Kier molecular flexibility index (Phi) is 2.80. The highest BCUT2D eigenvalue weighted by molar-refractivity contribution is 5.75. The van der Waals surface area contributed by atoms with Gasteiger partial charge in [-0.1, -0.05) is 19.3 Å². The summed E-state index contributed by atoms with van der Waals surface area (Å²) >= 11 is 0. The predicted molar refractivity (Wildman–Crippen MR) is 62.9 cm³/mol. The summed E-state index contributed by atoms with van der Waals surface area (Å²) in [4.78, 5) is 11.4. The maximum Gasteiger partial charge on any atom is 0.311 e. The van der Waals surface area contributed by atoms with E-state index in [2.05, 4.69) is 15.5 Å². The highest BCUT2D eigenvalue weighted by Gasteiger charge is 2.45. The minimum Gasteiger partial charge on any atom is -0.481 e. The van der Waals surface area contributed by atoms with E-state index in [1.807, 2.05) is 0 Å². The van der Waals surface area contributed by atoms with Crippen LogP contribution < -0.4 is 0 Å². The van der Waals surface area contributed by atoms with Crippen molar-refractivity contribution in [2.24, 2.45) is 5.41 Å². The highest BCUT2D eigenvalue weighted by atomic mass is 16.4.